The Morgan fingerprint density at radius 2 is 1.58 bits per heavy atom. The molecule has 1 heterocycles. The fraction of sp³-hybridized carbons (Fsp3) is 0.227. The average Bonchev–Trinajstić information content (AvgIpc) is 2.63. The van der Waals surface area contributed by atoms with Crippen molar-refractivity contribution in [2.24, 2.45) is 0 Å². The van der Waals surface area contributed by atoms with Crippen LogP contribution in [0.15, 0.2) is 53.3 Å². The van der Waals surface area contributed by atoms with Gasteiger partial charge in [-0.2, -0.15) is 13.2 Å². The lowest BCUT2D eigenvalue weighted by Crippen LogP contribution is -2.30. The number of benzene rings is 2. The van der Waals surface area contributed by atoms with Crippen molar-refractivity contribution in [3.63, 3.8) is 0 Å². The molecular weight excluding hydrogens is 409 g/mol. The molecule has 1 amide bonds. The Labute approximate surface area is 176 Å². The van der Waals surface area contributed by atoms with Gasteiger partial charge in [-0.3, -0.25) is 14.2 Å². The third kappa shape index (κ3) is 5.71. The van der Waals surface area contributed by atoms with Crippen molar-refractivity contribution in [3.8, 4) is 0 Å². The van der Waals surface area contributed by atoms with Gasteiger partial charge in [0.1, 0.15) is 6.54 Å². The molecule has 31 heavy (non-hydrogen) atoms. The van der Waals surface area contributed by atoms with Gasteiger partial charge in [0.15, 0.2) is 0 Å². The van der Waals surface area contributed by atoms with Crippen molar-refractivity contribution in [3.05, 3.63) is 81.3 Å². The van der Waals surface area contributed by atoms with Crippen LogP contribution in [0.4, 0.5) is 30.5 Å². The number of amides is 1. The first-order valence-corrected chi connectivity index (χ1v) is 9.42. The van der Waals surface area contributed by atoms with Crippen LogP contribution in [0.2, 0.25) is 0 Å². The molecule has 0 fully saturated rings. The molecule has 1 aromatic heterocycles. The topological polar surface area (TPSA) is 76.0 Å². The van der Waals surface area contributed by atoms with E-state index in [2.05, 4.69) is 15.6 Å². The number of hydrogen-bond acceptors (Lipinski definition) is 4. The number of rotatable bonds is 5. The van der Waals surface area contributed by atoms with Gasteiger partial charge in [0, 0.05) is 23.1 Å². The Kier molecular flexibility index (Phi) is 6.14. The smallest absolute Gasteiger partial charge is 0.325 e. The molecule has 0 atom stereocenters. The number of aryl methyl sites for hydroxylation is 3. The van der Waals surface area contributed by atoms with Gasteiger partial charge in [0.05, 0.1) is 5.56 Å². The molecule has 3 aromatic rings. The standard InChI is InChI=1S/C22H21F3N4O2/c1-13-8-14(2)10-18(9-13)28-21-26-15(3)11-20(31)29(21)12-19(30)27-17-6-4-16(5-7-17)22(23,24)25/h4-11H,12H2,1-3H3,(H,26,28)(H,27,30). The van der Waals surface area contributed by atoms with Crippen molar-refractivity contribution < 1.29 is 18.0 Å². The summed E-state index contributed by atoms with van der Waals surface area (Å²) in [4.78, 5) is 29.3. The van der Waals surface area contributed by atoms with Crippen LogP contribution in [-0.4, -0.2) is 15.5 Å². The quantitative estimate of drug-likeness (QED) is 0.622. The lowest BCUT2D eigenvalue weighted by Gasteiger charge is -2.15. The third-order valence-corrected chi connectivity index (χ3v) is 4.41. The normalized spacial score (nSPS) is 11.3. The van der Waals surface area contributed by atoms with E-state index < -0.39 is 23.2 Å². The second kappa shape index (κ2) is 8.63. The minimum Gasteiger partial charge on any atom is -0.325 e. The summed E-state index contributed by atoms with van der Waals surface area (Å²) in [5, 5.41) is 5.57. The highest BCUT2D eigenvalue weighted by molar-refractivity contribution is 5.90. The molecule has 0 aliphatic carbocycles. The summed E-state index contributed by atoms with van der Waals surface area (Å²) in [6, 6.07) is 11.1. The van der Waals surface area contributed by atoms with E-state index in [1.54, 1.807) is 6.92 Å². The molecular formula is C22H21F3N4O2. The van der Waals surface area contributed by atoms with Gasteiger partial charge in [-0.15, -0.1) is 0 Å². The van der Waals surface area contributed by atoms with E-state index in [4.69, 9.17) is 0 Å². The summed E-state index contributed by atoms with van der Waals surface area (Å²) in [7, 11) is 0. The van der Waals surface area contributed by atoms with Gasteiger partial charge in [0.2, 0.25) is 11.9 Å². The molecule has 0 aliphatic rings. The van der Waals surface area contributed by atoms with Gasteiger partial charge < -0.3 is 10.6 Å². The highest BCUT2D eigenvalue weighted by Gasteiger charge is 2.30. The molecule has 6 nitrogen and oxygen atoms in total. The summed E-state index contributed by atoms with van der Waals surface area (Å²) < 4.78 is 39.2. The summed E-state index contributed by atoms with van der Waals surface area (Å²) in [6.45, 7) is 5.18. The number of hydrogen-bond donors (Lipinski definition) is 2. The molecule has 0 radical (unpaired) electrons. The Morgan fingerprint density at radius 1 is 0.968 bits per heavy atom. The minimum atomic E-state index is -4.46. The molecule has 0 spiro atoms. The Bertz CT molecular complexity index is 1150. The average molecular weight is 430 g/mol. The van der Waals surface area contributed by atoms with Crippen LogP contribution in [0, 0.1) is 20.8 Å². The van der Waals surface area contributed by atoms with E-state index in [0.717, 1.165) is 35.4 Å². The van der Waals surface area contributed by atoms with Crippen LogP contribution in [0.1, 0.15) is 22.4 Å². The SMILES string of the molecule is Cc1cc(C)cc(Nc2nc(C)cc(=O)n2CC(=O)Nc2ccc(C(F)(F)F)cc2)c1. The van der Waals surface area contributed by atoms with Crippen molar-refractivity contribution >= 4 is 23.2 Å². The van der Waals surface area contributed by atoms with Crippen LogP contribution in [-0.2, 0) is 17.5 Å². The van der Waals surface area contributed by atoms with Gasteiger partial charge in [0.25, 0.3) is 5.56 Å². The molecule has 0 bridgehead atoms. The van der Waals surface area contributed by atoms with Gasteiger partial charge >= 0.3 is 6.18 Å². The zero-order chi connectivity index (χ0) is 22.8. The van der Waals surface area contributed by atoms with E-state index in [1.807, 2.05) is 32.0 Å². The third-order valence-electron chi connectivity index (χ3n) is 4.41. The molecule has 0 aliphatic heterocycles. The summed E-state index contributed by atoms with van der Waals surface area (Å²) in [6.07, 6.45) is -4.46. The van der Waals surface area contributed by atoms with Gasteiger partial charge in [-0.1, -0.05) is 6.07 Å². The van der Waals surface area contributed by atoms with Crippen LogP contribution in [0.25, 0.3) is 0 Å². The highest BCUT2D eigenvalue weighted by atomic mass is 19.4. The number of anilines is 3. The first-order chi connectivity index (χ1) is 14.5. The van der Waals surface area contributed by atoms with Crippen LogP contribution < -0.4 is 16.2 Å². The number of carbonyl (C=O) groups is 1. The monoisotopic (exact) mass is 430 g/mol. The van der Waals surface area contributed by atoms with E-state index in [-0.39, 0.29) is 18.2 Å². The van der Waals surface area contributed by atoms with Crippen LogP contribution in [0.3, 0.4) is 0 Å². The fourth-order valence-electron chi connectivity index (χ4n) is 3.13. The van der Waals surface area contributed by atoms with E-state index in [0.29, 0.717) is 11.4 Å². The maximum absolute atomic E-state index is 12.7. The fourth-order valence-corrected chi connectivity index (χ4v) is 3.13. The number of carbonyl (C=O) groups excluding carboxylic acids is 1. The summed E-state index contributed by atoms with van der Waals surface area (Å²) in [5.74, 6) is -0.381. The minimum absolute atomic E-state index is 0.190. The predicted molar refractivity (Wildman–Crippen MR) is 113 cm³/mol. The molecule has 3 rings (SSSR count). The van der Waals surface area contributed by atoms with Crippen LogP contribution in [0.5, 0.6) is 0 Å². The van der Waals surface area contributed by atoms with Crippen molar-refractivity contribution in [2.75, 3.05) is 10.6 Å². The molecule has 162 valence electrons. The molecule has 9 heteroatoms. The van der Waals surface area contributed by atoms with E-state index >= 15 is 0 Å². The highest BCUT2D eigenvalue weighted by Crippen LogP contribution is 2.29. The van der Waals surface area contributed by atoms with Crippen molar-refractivity contribution in [1.29, 1.82) is 0 Å². The first-order valence-electron chi connectivity index (χ1n) is 9.42. The molecule has 0 saturated carbocycles. The number of nitrogens with zero attached hydrogens (tertiary/aromatic N) is 2. The Balaban J connectivity index is 1.82. The molecule has 2 N–H and O–H groups in total. The summed E-state index contributed by atoms with van der Waals surface area (Å²) in [5.41, 5.74) is 2.18. The molecule has 2 aromatic carbocycles. The van der Waals surface area contributed by atoms with Crippen molar-refractivity contribution in [2.45, 2.75) is 33.5 Å². The lowest BCUT2D eigenvalue weighted by atomic mass is 10.1. The first kappa shape index (κ1) is 22.1. The maximum atomic E-state index is 12.7. The second-order valence-corrected chi connectivity index (χ2v) is 7.27. The van der Waals surface area contributed by atoms with Gasteiger partial charge in [-0.05, 0) is 68.3 Å². The van der Waals surface area contributed by atoms with E-state index in [9.17, 15) is 22.8 Å². The number of nitrogens with one attached hydrogen (secondary N) is 2. The van der Waals surface area contributed by atoms with E-state index in [1.165, 1.54) is 10.6 Å². The number of aromatic nitrogens is 2. The van der Waals surface area contributed by atoms with Crippen molar-refractivity contribution in [1.82, 2.24) is 9.55 Å². The number of alkyl halides is 3. The second-order valence-electron chi connectivity index (χ2n) is 7.27. The molecule has 0 unspecified atom stereocenters. The maximum Gasteiger partial charge on any atom is 0.416 e. The Morgan fingerprint density at radius 3 is 2.16 bits per heavy atom. The Hall–Kier alpha value is -3.62. The van der Waals surface area contributed by atoms with Gasteiger partial charge in [-0.25, -0.2) is 4.98 Å². The largest absolute Gasteiger partial charge is 0.416 e. The zero-order valence-corrected chi connectivity index (χ0v) is 17.2. The van der Waals surface area contributed by atoms with Crippen LogP contribution >= 0.6 is 0 Å². The predicted octanol–water partition coefficient (Wildman–Crippen LogP) is 4.57. The number of halogens is 3. The molecule has 0 saturated heterocycles. The zero-order valence-electron chi connectivity index (χ0n) is 17.2. The summed E-state index contributed by atoms with van der Waals surface area (Å²) >= 11 is 0. The lowest BCUT2D eigenvalue weighted by molar-refractivity contribution is -0.137.